The Morgan fingerprint density at radius 1 is 0.756 bits per heavy atom. The summed E-state index contributed by atoms with van der Waals surface area (Å²) in [7, 11) is 3.12. The molecule has 4 aromatic rings. The van der Waals surface area contributed by atoms with Crippen molar-refractivity contribution in [1.29, 1.82) is 0 Å². The van der Waals surface area contributed by atoms with Crippen LogP contribution >= 0.6 is 0 Å². The molecule has 0 unspecified atom stereocenters. The van der Waals surface area contributed by atoms with E-state index in [1.54, 1.807) is 13.2 Å². The number of ether oxygens (including phenoxy) is 2. The average Bonchev–Trinajstić information content (AvgIpc) is 2.96. The Kier molecular flexibility index (Phi) is 9.04. The molecule has 0 bridgehead atoms. The van der Waals surface area contributed by atoms with E-state index in [2.05, 4.69) is 5.16 Å². The highest BCUT2D eigenvalue weighted by Gasteiger charge is 2.17. The van der Waals surface area contributed by atoms with Gasteiger partial charge in [0, 0.05) is 11.1 Å². The van der Waals surface area contributed by atoms with Gasteiger partial charge in [-0.3, -0.25) is 0 Å². The van der Waals surface area contributed by atoms with Crippen molar-refractivity contribution in [3.05, 3.63) is 129 Å². The van der Waals surface area contributed by atoms with E-state index in [0.717, 1.165) is 33.4 Å². The van der Waals surface area contributed by atoms with Crippen molar-refractivity contribution in [2.45, 2.75) is 26.9 Å². The molecule has 0 saturated carbocycles. The van der Waals surface area contributed by atoms with Gasteiger partial charge in [0.05, 0.1) is 18.2 Å². The van der Waals surface area contributed by atoms with Crippen LogP contribution in [0.1, 0.15) is 59.7 Å². The highest BCUT2D eigenvalue weighted by atomic mass is 16.6. The second kappa shape index (κ2) is 12.8. The molecule has 8 nitrogen and oxygen atoms in total. The van der Waals surface area contributed by atoms with Gasteiger partial charge in [-0.2, -0.15) is 0 Å². The van der Waals surface area contributed by atoms with E-state index in [1.807, 2.05) is 74.5 Å². The number of methoxy groups -OCH3 is 1. The van der Waals surface area contributed by atoms with Crippen molar-refractivity contribution < 1.29 is 34.1 Å². The molecule has 0 aromatic heterocycles. The lowest BCUT2D eigenvalue weighted by molar-refractivity contribution is 0.0695. The van der Waals surface area contributed by atoms with Crippen LogP contribution in [0.15, 0.2) is 84.0 Å². The molecular weight excluding hydrogens is 522 g/mol. The Balaban J connectivity index is 1.59. The molecule has 0 saturated heterocycles. The number of carbonyl (C=O) groups is 2. The molecule has 8 heteroatoms. The highest BCUT2D eigenvalue weighted by molar-refractivity contribution is 6.13. The predicted octanol–water partition coefficient (Wildman–Crippen LogP) is 6.28. The van der Waals surface area contributed by atoms with E-state index in [-0.39, 0.29) is 17.7 Å². The molecule has 0 atom stereocenters. The molecule has 0 heterocycles. The summed E-state index contributed by atoms with van der Waals surface area (Å²) in [6.45, 7) is 4.20. The lowest BCUT2D eigenvalue weighted by Gasteiger charge is -2.17. The molecule has 0 fully saturated rings. The van der Waals surface area contributed by atoms with Crippen LogP contribution in [0.3, 0.4) is 0 Å². The lowest BCUT2D eigenvalue weighted by Crippen LogP contribution is -2.09. The summed E-state index contributed by atoms with van der Waals surface area (Å²) in [6.07, 6.45) is 0.317. The van der Waals surface area contributed by atoms with Gasteiger partial charge in [-0.15, -0.1) is 0 Å². The van der Waals surface area contributed by atoms with Gasteiger partial charge in [0.1, 0.15) is 30.9 Å². The number of oxime groups is 1. The number of benzene rings is 4. The third kappa shape index (κ3) is 6.73. The van der Waals surface area contributed by atoms with Crippen molar-refractivity contribution in [3.63, 3.8) is 0 Å². The van der Waals surface area contributed by atoms with E-state index in [4.69, 9.17) is 14.3 Å². The Morgan fingerprint density at radius 3 is 2.17 bits per heavy atom. The fourth-order valence-corrected chi connectivity index (χ4v) is 4.65. The van der Waals surface area contributed by atoms with Crippen molar-refractivity contribution in [2.24, 2.45) is 5.16 Å². The molecule has 0 aliphatic carbocycles. The highest BCUT2D eigenvalue weighted by Crippen LogP contribution is 2.27. The summed E-state index contributed by atoms with van der Waals surface area (Å²) in [4.78, 5) is 28.4. The van der Waals surface area contributed by atoms with Gasteiger partial charge in [-0.05, 0) is 90.6 Å². The number of hydrogen-bond acceptors (Lipinski definition) is 6. The minimum atomic E-state index is -1.17. The van der Waals surface area contributed by atoms with Gasteiger partial charge in [-0.1, -0.05) is 41.6 Å². The maximum atomic E-state index is 11.9. The SMILES string of the molecule is CON=C(c1cccc(OC)c1)c1ccc(OCc2c(C)cccc2Cc2ccc(C(=O)O)cc2C(=O)O)c(C)c1. The third-order valence-corrected chi connectivity index (χ3v) is 6.82. The van der Waals surface area contributed by atoms with Crippen LogP contribution in [-0.4, -0.2) is 42.1 Å². The van der Waals surface area contributed by atoms with Crippen LogP contribution in [0, 0.1) is 13.8 Å². The number of carboxylic acids is 2. The van der Waals surface area contributed by atoms with Gasteiger partial charge in [-0.25, -0.2) is 9.59 Å². The molecular formula is C33H31NO7. The molecule has 0 spiro atoms. The van der Waals surface area contributed by atoms with Crippen molar-refractivity contribution >= 4 is 17.7 Å². The Morgan fingerprint density at radius 2 is 1.49 bits per heavy atom. The first-order valence-corrected chi connectivity index (χ1v) is 12.9. The molecule has 0 amide bonds. The molecule has 4 rings (SSSR count). The van der Waals surface area contributed by atoms with E-state index in [0.29, 0.717) is 29.2 Å². The second-order valence-electron chi connectivity index (χ2n) is 9.49. The molecule has 4 aromatic carbocycles. The summed E-state index contributed by atoms with van der Waals surface area (Å²) in [6, 6.07) is 23.4. The maximum Gasteiger partial charge on any atom is 0.336 e. The summed E-state index contributed by atoms with van der Waals surface area (Å²) >= 11 is 0. The average molecular weight is 554 g/mol. The Hall–Kier alpha value is -5.11. The van der Waals surface area contributed by atoms with Crippen LogP contribution in [0.4, 0.5) is 0 Å². The van der Waals surface area contributed by atoms with Gasteiger partial charge in [0.2, 0.25) is 0 Å². The first-order chi connectivity index (χ1) is 19.7. The Labute approximate surface area is 238 Å². The second-order valence-corrected chi connectivity index (χ2v) is 9.49. The summed E-state index contributed by atoms with van der Waals surface area (Å²) in [5.41, 5.74) is 6.53. The van der Waals surface area contributed by atoms with Gasteiger partial charge < -0.3 is 24.5 Å². The normalized spacial score (nSPS) is 11.2. The number of hydrogen-bond donors (Lipinski definition) is 2. The number of aromatic carboxylic acids is 2. The van der Waals surface area contributed by atoms with Crippen molar-refractivity contribution in [1.82, 2.24) is 0 Å². The largest absolute Gasteiger partial charge is 0.497 e. The quantitative estimate of drug-likeness (QED) is 0.166. The van der Waals surface area contributed by atoms with E-state index >= 15 is 0 Å². The van der Waals surface area contributed by atoms with Gasteiger partial charge >= 0.3 is 11.9 Å². The van der Waals surface area contributed by atoms with Gasteiger partial charge in [0.15, 0.2) is 0 Å². The lowest BCUT2D eigenvalue weighted by atomic mass is 9.93. The summed E-state index contributed by atoms with van der Waals surface area (Å²) in [5.74, 6) is -0.934. The van der Waals surface area contributed by atoms with Crippen LogP contribution in [0.5, 0.6) is 11.5 Å². The van der Waals surface area contributed by atoms with Crippen LogP contribution in [0.25, 0.3) is 0 Å². The topological polar surface area (TPSA) is 115 Å². The van der Waals surface area contributed by atoms with Crippen molar-refractivity contribution in [3.8, 4) is 11.5 Å². The fourth-order valence-electron chi connectivity index (χ4n) is 4.65. The minimum absolute atomic E-state index is 0.0331. The zero-order valence-corrected chi connectivity index (χ0v) is 23.3. The van der Waals surface area contributed by atoms with Crippen molar-refractivity contribution in [2.75, 3.05) is 14.2 Å². The minimum Gasteiger partial charge on any atom is -0.497 e. The third-order valence-electron chi connectivity index (χ3n) is 6.82. The zero-order valence-electron chi connectivity index (χ0n) is 23.3. The molecule has 2 N–H and O–H groups in total. The first-order valence-electron chi connectivity index (χ1n) is 12.9. The Bertz CT molecular complexity index is 1620. The van der Waals surface area contributed by atoms with E-state index < -0.39 is 11.9 Å². The molecule has 0 aliphatic heterocycles. The standard InChI is InChI=1S/C33H31NO7/c1-20-7-5-8-22(16-23-11-12-26(32(35)36)18-28(23)33(37)38)29(20)19-41-30-14-13-25(15-21(30)2)31(34-40-4)24-9-6-10-27(17-24)39-3/h5-15,17-18H,16,19H2,1-4H3,(H,35,36)(H,37,38). The van der Waals surface area contributed by atoms with Crippen LogP contribution in [0.2, 0.25) is 0 Å². The molecule has 0 aliphatic rings. The summed E-state index contributed by atoms with van der Waals surface area (Å²) in [5, 5.41) is 23.2. The maximum absolute atomic E-state index is 11.9. The van der Waals surface area contributed by atoms with Crippen LogP contribution < -0.4 is 9.47 Å². The molecule has 210 valence electrons. The van der Waals surface area contributed by atoms with Gasteiger partial charge in [0.25, 0.3) is 0 Å². The predicted molar refractivity (Wildman–Crippen MR) is 155 cm³/mol. The van der Waals surface area contributed by atoms with E-state index in [9.17, 15) is 19.8 Å². The number of aryl methyl sites for hydroxylation is 2. The molecule has 0 radical (unpaired) electrons. The smallest absolute Gasteiger partial charge is 0.336 e. The number of nitrogens with zero attached hydrogens (tertiary/aromatic N) is 1. The fraction of sp³-hybridized carbons (Fsp3) is 0.182. The number of rotatable bonds is 11. The monoisotopic (exact) mass is 553 g/mol. The summed E-state index contributed by atoms with van der Waals surface area (Å²) < 4.78 is 11.6. The van der Waals surface area contributed by atoms with E-state index in [1.165, 1.54) is 19.2 Å². The zero-order chi connectivity index (χ0) is 29.5. The van der Waals surface area contributed by atoms with Crippen LogP contribution in [-0.2, 0) is 17.9 Å². The number of carboxylic acid groups (broad SMARTS) is 2. The molecule has 41 heavy (non-hydrogen) atoms. The first kappa shape index (κ1) is 28.9.